The van der Waals surface area contributed by atoms with E-state index in [2.05, 4.69) is 0 Å². The van der Waals surface area contributed by atoms with Crippen LogP contribution < -0.4 is 10.5 Å². The normalized spacial score (nSPS) is 12.5. The van der Waals surface area contributed by atoms with Gasteiger partial charge < -0.3 is 15.2 Å². The molecule has 14 heavy (non-hydrogen) atoms. The summed E-state index contributed by atoms with van der Waals surface area (Å²) in [6.07, 6.45) is 0. The maximum Gasteiger partial charge on any atom is 0.119 e. The molecule has 3 heteroatoms. The topological polar surface area (TPSA) is 44.5 Å². The van der Waals surface area contributed by atoms with Gasteiger partial charge in [0, 0.05) is 6.04 Å². The molecule has 0 saturated carbocycles. The van der Waals surface area contributed by atoms with Gasteiger partial charge >= 0.3 is 0 Å². The van der Waals surface area contributed by atoms with Crippen molar-refractivity contribution < 1.29 is 9.47 Å². The van der Waals surface area contributed by atoms with Gasteiger partial charge in [0.2, 0.25) is 0 Å². The largest absolute Gasteiger partial charge is 0.497 e. The fourth-order valence-electron chi connectivity index (χ4n) is 1.12. The first-order chi connectivity index (χ1) is 6.72. The smallest absolute Gasteiger partial charge is 0.119 e. The predicted octanol–water partition coefficient (Wildman–Crippen LogP) is 1.56. The van der Waals surface area contributed by atoms with Crippen molar-refractivity contribution in [2.24, 2.45) is 5.73 Å². The maximum absolute atomic E-state index is 5.56. The molecule has 0 bridgehead atoms. The average molecular weight is 195 g/mol. The molecule has 0 radical (unpaired) electrons. The van der Waals surface area contributed by atoms with Gasteiger partial charge in [-0.3, -0.25) is 0 Å². The third kappa shape index (κ3) is 3.77. The van der Waals surface area contributed by atoms with Gasteiger partial charge in [0.1, 0.15) is 5.75 Å². The lowest BCUT2D eigenvalue weighted by Crippen LogP contribution is -2.21. The first-order valence-corrected chi connectivity index (χ1v) is 4.68. The molecule has 0 fully saturated rings. The first kappa shape index (κ1) is 11.0. The first-order valence-electron chi connectivity index (χ1n) is 4.68. The van der Waals surface area contributed by atoms with Crippen molar-refractivity contribution in [3.05, 3.63) is 29.8 Å². The van der Waals surface area contributed by atoms with Crippen LogP contribution in [0.3, 0.4) is 0 Å². The Morgan fingerprint density at radius 3 is 2.86 bits per heavy atom. The summed E-state index contributed by atoms with van der Waals surface area (Å²) >= 11 is 0. The Bertz CT molecular complexity index is 274. The second kappa shape index (κ2) is 5.62. The molecule has 0 amide bonds. The molecule has 0 aliphatic rings. The standard InChI is InChI=1S/C11H17NO2/c1-9(12)7-14-8-10-4-3-5-11(6-10)13-2/h3-6,9H,7-8,12H2,1-2H3. The SMILES string of the molecule is COc1cccc(COCC(C)N)c1. The van der Waals surface area contributed by atoms with Crippen LogP contribution in [0.15, 0.2) is 24.3 Å². The second-order valence-electron chi connectivity index (χ2n) is 3.34. The lowest BCUT2D eigenvalue weighted by Gasteiger charge is -2.07. The maximum atomic E-state index is 5.56. The zero-order valence-corrected chi connectivity index (χ0v) is 8.69. The molecule has 1 atom stereocenters. The predicted molar refractivity (Wildman–Crippen MR) is 56.3 cm³/mol. The van der Waals surface area contributed by atoms with Crippen LogP contribution in [0.5, 0.6) is 5.75 Å². The highest BCUT2D eigenvalue weighted by Gasteiger charge is 1.97. The van der Waals surface area contributed by atoms with Crippen molar-refractivity contribution in [3.8, 4) is 5.75 Å². The van der Waals surface area contributed by atoms with Crippen molar-refractivity contribution >= 4 is 0 Å². The van der Waals surface area contributed by atoms with Crippen LogP contribution in [0, 0.1) is 0 Å². The highest BCUT2D eigenvalue weighted by molar-refractivity contribution is 5.27. The highest BCUT2D eigenvalue weighted by atomic mass is 16.5. The van der Waals surface area contributed by atoms with E-state index in [1.165, 1.54) is 0 Å². The minimum Gasteiger partial charge on any atom is -0.497 e. The van der Waals surface area contributed by atoms with Crippen LogP contribution in [0.25, 0.3) is 0 Å². The van der Waals surface area contributed by atoms with Crippen molar-refractivity contribution in [3.63, 3.8) is 0 Å². The van der Waals surface area contributed by atoms with Crippen LogP contribution in [0.1, 0.15) is 12.5 Å². The van der Waals surface area contributed by atoms with E-state index in [-0.39, 0.29) is 6.04 Å². The summed E-state index contributed by atoms with van der Waals surface area (Å²) in [6.45, 7) is 3.08. The molecular formula is C11H17NO2. The minimum atomic E-state index is 0.0839. The van der Waals surface area contributed by atoms with Crippen molar-refractivity contribution in [1.29, 1.82) is 0 Å². The number of hydrogen-bond acceptors (Lipinski definition) is 3. The number of hydrogen-bond donors (Lipinski definition) is 1. The van der Waals surface area contributed by atoms with Gasteiger partial charge in [-0.15, -0.1) is 0 Å². The van der Waals surface area contributed by atoms with Crippen LogP contribution >= 0.6 is 0 Å². The van der Waals surface area contributed by atoms with E-state index >= 15 is 0 Å². The Morgan fingerprint density at radius 1 is 1.43 bits per heavy atom. The molecule has 2 N–H and O–H groups in total. The fourth-order valence-corrected chi connectivity index (χ4v) is 1.12. The van der Waals surface area contributed by atoms with E-state index < -0.39 is 0 Å². The van der Waals surface area contributed by atoms with Gasteiger partial charge in [0.05, 0.1) is 20.3 Å². The Kier molecular flexibility index (Phi) is 4.43. The Labute approximate surface area is 84.8 Å². The molecule has 0 spiro atoms. The van der Waals surface area contributed by atoms with Gasteiger partial charge in [-0.2, -0.15) is 0 Å². The minimum absolute atomic E-state index is 0.0839. The Morgan fingerprint density at radius 2 is 2.21 bits per heavy atom. The molecule has 0 saturated heterocycles. The van der Waals surface area contributed by atoms with Gasteiger partial charge in [-0.1, -0.05) is 12.1 Å². The number of benzene rings is 1. The summed E-state index contributed by atoms with van der Waals surface area (Å²) in [5.41, 5.74) is 6.66. The van der Waals surface area contributed by atoms with Gasteiger partial charge in [0.15, 0.2) is 0 Å². The third-order valence-corrected chi connectivity index (χ3v) is 1.78. The van der Waals surface area contributed by atoms with E-state index in [0.717, 1.165) is 11.3 Å². The fraction of sp³-hybridized carbons (Fsp3) is 0.455. The molecule has 1 unspecified atom stereocenters. The lowest BCUT2D eigenvalue weighted by molar-refractivity contribution is 0.111. The van der Waals surface area contributed by atoms with Crippen LogP contribution in [-0.2, 0) is 11.3 Å². The average Bonchev–Trinajstić information content (AvgIpc) is 2.18. The number of nitrogens with two attached hydrogens (primary N) is 1. The quantitative estimate of drug-likeness (QED) is 0.775. The van der Waals surface area contributed by atoms with Crippen molar-refractivity contribution in [2.75, 3.05) is 13.7 Å². The van der Waals surface area contributed by atoms with E-state index in [1.807, 2.05) is 31.2 Å². The number of rotatable bonds is 5. The molecular weight excluding hydrogens is 178 g/mol. The summed E-state index contributed by atoms with van der Waals surface area (Å²) in [7, 11) is 1.65. The number of methoxy groups -OCH3 is 1. The number of ether oxygens (including phenoxy) is 2. The summed E-state index contributed by atoms with van der Waals surface area (Å²) < 4.78 is 10.5. The molecule has 0 heterocycles. The molecule has 0 aliphatic heterocycles. The van der Waals surface area contributed by atoms with E-state index in [9.17, 15) is 0 Å². The Balaban J connectivity index is 2.42. The van der Waals surface area contributed by atoms with Crippen LogP contribution in [0.2, 0.25) is 0 Å². The van der Waals surface area contributed by atoms with E-state index in [4.69, 9.17) is 15.2 Å². The van der Waals surface area contributed by atoms with Crippen LogP contribution in [0.4, 0.5) is 0 Å². The summed E-state index contributed by atoms with van der Waals surface area (Å²) in [4.78, 5) is 0. The molecule has 3 nitrogen and oxygen atoms in total. The molecule has 1 rings (SSSR count). The van der Waals surface area contributed by atoms with Crippen molar-refractivity contribution in [2.45, 2.75) is 19.6 Å². The molecule has 0 aromatic heterocycles. The zero-order chi connectivity index (χ0) is 10.4. The summed E-state index contributed by atoms with van der Waals surface area (Å²) in [6, 6.07) is 7.91. The van der Waals surface area contributed by atoms with E-state index in [1.54, 1.807) is 7.11 Å². The molecule has 78 valence electrons. The Hall–Kier alpha value is -1.06. The second-order valence-corrected chi connectivity index (χ2v) is 3.34. The molecule has 1 aromatic rings. The van der Waals surface area contributed by atoms with Crippen molar-refractivity contribution in [1.82, 2.24) is 0 Å². The van der Waals surface area contributed by atoms with Gasteiger partial charge in [-0.05, 0) is 24.6 Å². The highest BCUT2D eigenvalue weighted by Crippen LogP contribution is 2.13. The third-order valence-electron chi connectivity index (χ3n) is 1.78. The van der Waals surface area contributed by atoms with E-state index in [0.29, 0.717) is 13.2 Å². The molecule has 1 aromatic carbocycles. The summed E-state index contributed by atoms with van der Waals surface area (Å²) in [5, 5.41) is 0. The monoisotopic (exact) mass is 195 g/mol. The van der Waals surface area contributed by atoms with Gasteiger partial charge in [0.25, 0.3) is 0 Å². The lowest BCUT2D eigenvalue weighted by atomic mass is 10.2. The van der Waals surface area contributed by atoms with Gasteiger partial charge in [-0.25, -0.2) is 0 Å². The summed E-state index contributed by atoms with van der Waals surface area (Å²) in [5.74, 6) is 0.854. The molecule has 0 aliphatic carbocycles. The van der Waals surface area contributed by atoms with Crippen LogP contribution in [-0.4, -0.2) is 19.8 Å². The zero-order valence-electron chi connectivity index (χ0n) is 8.69.